The zero-order valence-electron chi connectivity index (χ0n) is 16.3. The summed E-state index contributed by atoms with van der Waals surface area (Å²) >= 11 is 0. The number of H-pyrrole nitrogens is 1. The second kappa shape index (κ2) is 8.25. The van der Waals surface area contributed by atoms with E-state index in [0.717, 1.165) is 27.7 Å². The average molecular weight is 381 g/mol. The fourth-order valence-electron chi connectivity index (χ4n) is 3.14. The minimum Gasteiger partial charge on any atom is -0.358 e. The first-order valence-electron chi connectivity index (χ1n) is 9.28. The fourth-order valence-corrected chi connectivity index (χ4v) is 3.14. The van der Waals surface area contributed by atoms with E-state index in [1.54, 1.807) is 18.2 Å². The third-order valence-corrected chi connectivity index (χ3v) is 4.96. The van der Waals surface area contributed by atoms with Crippen molar-refractivity contribution >= 4 is 22.7 Å². The monoisotopic (exact) mass is 381 g/mol. The summed E-state index contributed by atoms with van der Waals surface area (Å²) in [6, 6.07) is 11.5. The molecule has 1 aromatic heterocycles. The number of aromatic amines is 1. The Morgan fingerprint density at radius 3 is 2.50 bits per heavy atom. The van der Waals surface area contributed by atoms with Crippen LogP contribution in [0.15, 0.2) is 42.5 Å². The lowest BCUT2D eigenvalue weighted by molar-refractivity contribution is -0.121. The highest BCUT2D eigenvalue weighted by Gasteiger charge is 2.18. The molecule has 0 spiro atoms. The van der Waals surface area contributed by atoms with Gasteiger partial charge >= 0.3 is 0 Å². The molecule has 0 saturated carbocycles. The molecule has 0 aliphatic heterocycles. The highest BCUT2D eigenvalue weighted by Crippen LogP contribution is 2.23. The Hall–Kier alpha value is -3.15. The largest absolute Gasteiger partial charge is 0.358 e. The molecule has 0 saturated heterocycles. The summed E-state index contributed by atoms with van der Waals surface area (Å²) in [5.74, 6) is -0.753. The van der Waals surface area contributed by atoms with Gasteiger partial charge in [0.25, 0.3) is 5.91 Å². The van der Waals surface area contributed by atoms with Crippen LogP contribution >= 0.6 is 0 Å². The van der Waals surface area contributed by atoms with Crippen LogP contribution in [-0.4, -0.2) is 34.8 Å². The molecular formula is C22H24FN3O2. The van der Waals surface area contributed by atoms with Gasteiger partial charge in [-0.3, -0.25) is 9.59 Å². The number of fused-ring (bicyclic) bond motifs is 1. The van der Waals surface area contributed by atoms with Gasteiger partial charge in [-0.05, 0) is 62.2 Å². The predicted octanol–water partition coefficient (Wildman–Crippen LogP) is 3.70. The number of halogens is 1. The van der Waals surface area contributed by atoms with E-state index in [-0.39, 0.29) is 24.2 Å². The first-order valence-corrected chi connectivity index (χ1v) is 9.28. The summed E-state index contributed by atoms with van der Waals surface area (Å²) < 4.78 is 12.9. The summed E-state index contributed by atoms with van der Waals surface area (Å²) in [6.45, 7) is 6.54. The second-order valence-electron chi connectivity index (χ2n) is 6.86. The zero-order chi connectivity index (χ0) is 20.3. The second-order valence-corrected chi connectivity index (χ2v) is 6.86. The van der Waals surface area contributed by atoms with E-state index in [0.29, 0.717) is 18.7 Å². The maximum atomic E-state index is 12.9. The van der Waals surface area contributed by atoms with Crippen LogP contribution in [0.3, 0.4) is 0 Å². The average Bonchev–Trinajstić information content (AvgIpc) is 2.98. The lowest BCUT2D eigenvalue weighted by Crippen LogP contribution is -2.40. The summed E-state index contributed by atoms with van der Waals surface area (Å²) in [7, 11) is 0. The van der Waals surface area contributed by atoms with E-state index < -0.39 is 0 Å². The fraction of sp³-hybridized carbons (Fsp3) is 0.273. The van der Waals surface area contributed by atoms with E-state index in [2.05, 4.69) is 10.3 Å². The van der Waals surface area contributed by atoms with Crippen LogP contribution in [0.4, 0.5) is 4.39 Å². The third-order valence-electron chi connectivity index (χ3n) is 4.96. The summed E-state index contributed by atoms with van der Waals surface area (Å²) in [5.41, 5.74) is 4.54. The molecule has 2 amide bonds. The molecular weight excluding hydrogens is 357 g/mol. The van der Waals surface area contributed by atoms with Gasteiger partial charge in [0.05, 0.1) is 6.54 Å². The Balaban J connectivity index is 1.66. The van der Waals surface area contributed by atoms with Gasteiger partial charge in [0, 0.05) is 35.2 Å². The zero-order valence-corrected chi connectivity index (χ0v) is 16.3. The van der Waals surface area contributed by atoms with Crippen LogP contribution in [-0.2, 0) is 11.3 Å². The number of hydrogen-bond acceptors (Lipinski definition) is 2. The number of nitrogens with one attached hydrogen (secondary N) is 2. The Morgan fingerprint density at radius 2 is 1.82 bits per heavy atom. The Labute approximate surface area is 163 Å². The van der Waals surface area contributed by atoms with Crippen LogP contribution < -0.4 is 5.32 Å². The van der Waals surface area contributed by atoms with Crippen molar-refractivity contribution in [1.29, 1.82) is 0 Å². The van der Waals surface area contributed by atoms with Gasteiger partial charge in [0.1, 0.15) is 5.82 Å². The number of aryl methyl sites for hydroxylation is 2. The minimum absolute atomic E-state index is 0.0281. The normalized spacial score (nSPS) is 10.9. The van der Waals surface area contributed by atoms with Gasteiger partial charge in [0.2, 0.25) is 5.91 Å². The quantitative estimate of drug-likeness (QED) is 0.684. The highest BCUT2D eigenvalue weighted by molar-refractivity contribution is 6.00. The molecule has 0 radical (unpaired) electrons. The van der Waals surface area contributed by atoms with Gasteiger partial charge < -0.3 is 15.2 Å². The maximum Gasteiger partial charge on any atom is 0.254 e. The molecule has 5 nitrogen and oxygen atoms in total. The molecule has 3 rings (SSSR count). The van der Waals surface area contributed by atoms with Crippen LogP contribution in [0.2, 0.25) is 0 Å². The van der Waals surface area contributed by atoms with Gasteiger partial charge in [0.15, 0.2) is 0 Å². The van der Waals surface area contributed by atoms with Gasteiger partial charge in [-0.2, -0.15) is 0 Å². The number of carbonyl (C=O) groups excluding carboxylic acids is 2. The van der Waals surface area contributed by atoms with Crippen molar-refractivity contribution in [2.75, 3.05) is 13.1 Å². The lowest BCUT2D eigenvalue weighted by Gasteiger charge is -2.20. The van der Waals surface area contributed by atoms with Crippen LogP contribution in [0.25, 0.3) is 10.9 Å². The molecule has 0 unspecified atom stereocenters. The van der Waals surface area contributed by atoms with Gasteiger partial charge in [-0.15, -0.1) is 0 Å². The van der Waals surface area contributed by atoms with Crippen molar-refractivity contribution in [2.24, 2.45) is 0 Å². The summed E-state index contributed by atoms with van der Waals surface area (Å²) in [4.78, 5) is 30.0. The Bertz CT molecular complexity index is 1010. The number of rotatable bonds is 6. The van der Waals surface area contributed by atoms with Crippen molar-refractivity contribution in [1.82, 2.24) is 15.2 Å². The number of benzene rings is 2. The van der Waals surface area contributed by atoms with Gasteiger partial charge in [-0.25, -0.2) is 4.39 Å². The van der Waals surface area contributed by atoms with Crippen molar-refractivity contribution in [3.63, 3.8) is 0 Å². The van der Waals surface area contributed by atoms with Crippen LogP contribution in [0.5, 0.6) is 0 Å². The molecule has 0 atom stereocenters. The van der Waals surface area contributed by atoms with Crippen molar-refractivity contribution < 1.29 is 14.0 Å². The highest BCUT2D eigenvalue weighted by atomic mass is 19.1. The third kappa shape index (κ3) is 4.22. The number of nitrogens with zero attached hydrogens (tertiary/aromatic N) is 1. The van der Waals surface area contributed by atoms with Crippen molar-refractivity contribution in [3.8, 4) is 0 Å². The number of hydrogen-bond donors (Lipinski definition) is 2. The lowest BCUT2D eigenvalue weighted by atomic mass is 10.1. The summed E-state index contributed by atoms with van der Waals surface area (Å²) in [6.07, 6.45) is 0. The summed E-state index contributed by atoms with van der Waals surface area (Å²) in [5, 5.41) is 3.79. The predicted molar refractivity (Wildman–Crippen MR) is 108 cm³/mol. The molecule has 2 aromatic carbocycles. The molecule has 0 aliphatic rings. The van der Waals surface area contributed by atoms with Crippen LogP contribution in [0.1, 0.15) is 34.1 Å². The van der Waals surface area contributed by atoms with E-state index >= 15 is 0 Å². The molecule has 0 bridgehead atoms. The van der Waals surface area contributed by atoms with E-state index in [1.165, 1.54) is 17.0 Å². The Kier molecular flexibility index (Phi) is 5.78. The minimum atomic E-state index is -0.317. The number of likely N-dealkylation sites (N-methyl/N-ethyl adjacent to an activating group) is 1. The van der Waals surface area contributed by atoms with Crippen molar-refractivity contribution in [3.05, 3.63) is 70.7 Å². The maximum absolute atomic E-state index is 12.9. The van der Waals surface area contributed by atoms with E-state index in [9.17, 15) is 14.0 Å². The van der Waals surface area contributed by atoms with Crippen molar-refractivity contribution in [2.45, 2.75) is 27.3 Å². The molecule has 146 valence electrons. The number of aromatic nitrogens is 1. The van der Waals surface area contributed by atoms with E-state index in [1.807, 2.05) is 32.9 Å². The molecule has 0 aliphatic carbocycles. The molecule has 3 aromatic rings. The first-order chi connectivity index (χ1) is 13.4. The SMILES string of the molecule is CCN(CC(=O)NCc1ccc(F)cc1)C(=O)c1ccc2[nH]c(C)c(C)c2c1. The molecule has 0 fully saturated rings. The molecule has 28 heavy (non-hydrogen) atoms. The first kappa shape index (κ1) is 19.6. The topological polar surface area (TPSA) is 65.2 Å². The molecule has 2 N–H and O–H groups in total. The smallest absolute Gasteiger partial charge is 0.254 e. The standard InChI is InChI=1S/C22H24FN3O2/c1-4-26(13-21(27)24-12-16-5-8-18(23)9-6-16)22(28)17-7-10-20-19(11-17)14(2)15(3)25-20/h5-11,25H,4,12-13H2,1-3H3,(H,24,27). The van der Waals surface area contributed by atoms with Crippen LogP contribution in [0, 0.1) is 19.7 Å². The Morgan fingerprint density at radius 1 is 1.11 bits per heavy atom. The number of amides is 2. The van der Waals surface area contributed by atoms with Gasteiger partial charge in [-0.1, -0.05) is 12.1 Å². The number of carbonyl (C=O) groups is 2. The van der Waals surface area contributed by atoms with E-state index in [4.69, 9.17) is 0 Å². The molecule has 1 heterocycles. The molecule has 6 heteroatoms.